The standard InChI is InChI=1S/C12H13NO6S/c14-8(9-2-1-5-20-9)3-4-10(15)13-7(12(18)19)6-11(16)17/h1-2,5,7H,3-4,6H2,(H,13,15)(H,16,17)(H,18,19). The van der Waals surface area contributed by atoms with Gasteiger partial charge in [-0.1, -0.05) is 6.07 Å². The van der Waals surface area contributed by atoms with Crippen molar-refractivity contribution in [2.24, 2.45) is 0 Å². The zero-order chi connectivity index (χ0) is 15.1. The summed E-state index contributed by atoms with van der Waals surface area (Å²) in [6, 6.07) is 1.86. The zero-order valence-corrected chi connectivity index (χ0v) is 11.2. The van der Waals surface area contributed by atoms with E-state index >= 15 is 0 Å². The molecule has 0 saturated carbocycles. The molecule has 1 amide bonds. The monoisotopic (exact) mass is 299 g/mol. The van der Waals surface area contributed by atoms with Gasteiger partial charge in [0.2, 0.25) is 5.91 Å². The highest BCUT2D eigenvalue weighted by Gasteiger charge is 2.23. The normalized spacial score (nSPS) is 11.6. The number of carboxylic acid groups (broad SMARTS) is 2. The fourth-order valence-corrected chi connectivity index (χ4v) is 2.12. The lowest BCUT2D eigenvalue weighted by atomic mass is 10.1. The molecule has 0 spiro atoms. The van der Waals surface area contributed by atoms with Gasteiger partial charge in [0.25, 0.3) is 0 Å². The number of Topliss-reactive ketones (excluding diaryl/α,β-unsaturated/α-hetero) is 1. The van der Waals surface area contributed by atoms with Crippen molar-refractivity contribution in [2.75, 3.05) is 0 Å². The van der Waals surface area contributed by atoms with E-state index in [1.54, 1.807) is 17.5 Å². The summed E-state index contributed by atoms with van der Waals surface area (Å²) in [5.74, 6) is -3.62. The number of aliphatic carboxylic acids is 2. The molecule has 0 aliphatic heterocycles. The molecule has 0 bridgehead atoms. The van der Waals surface area contributed by atoms with E-state index in [0.29, 0.717) is 4.88 Å². The Morgan fingerprint density at radius 1 is 1.20 bits per heavy atom. The molecule has 1 aromatic rings. The quantitative estimate of drug-likeness (QED) is 0.609. The molecule has 0 aromatic carbocycles. The Morgan fingerprint density at radius 2 is 1.90 bits per heavy atom. The third-order valence-corrected chi connectivity index (χ3v) is 3.30. The summed E-state index contributed by atoms with van der Waals surface area (Å²) in [5.41, 5.74) is 0. The lowest BCUT2D eigenvalue weighted by Gasteiger charge is -2.11. The highest BCUT2D eigenvalue weighted by molar-refractivity contribution is 7.12. The number of nitrogens with one attached hydrogen (secondary N) is 1. The molecule has 3 N–H and O–H groups in total. The van der Waals surface area contributed by atoms with E-state index in [0.717, 1.165) is 0 Å². The van der Waals surface area contributed by atoms with Gasteiger partial charge in [0.1, 0.15) is 6.04 Å². The third kappa shape index (κ3) is 5.19. The molecule has 8 heteroatoms. The van der Waals surface area contributed by atoms with Gasteiger partial charge in [-0.05, 0) is 11.4 Å². The summed E-state index contributed by atoms with van der Waals surface area (Å²) >= 11 is 1.26. The molecule has 1 rings (SSSR count). The Balaban J connectivity index is 2.44. The van der Waals surface area contributed by atoms with Crippen molar-refractivity contribution in [3.63, 3.8) is 0 Å². The number of rotatable bonds is 8. The second-order valence-electron chi connectivity index (χ2n) is 3.96. The van der Waals surface area contributed by atoms with Crippen LogP contribution in [0, 0.1) is 0 Å². The van der Waals surface area contributed by atoms with Crippen LogP contribution < -0.4 is 5.32 Å². The molecule has 0 aliphatic carbocycles. The minimum absolute atomic E-state index is 0.0498. The van der Waals surface area contributed by atoms with E-state index in [9.17, 15) is 19.2 Å². The predicted molar refractivity (Wildman–Crippen MR) is 69.7 cm³/mol. The number of carboxylic acids is 2. The van der Waals surface area contributed by atoms with Gasteiger partial charge in [0.05, 0.1) is 11.3 Å². The molecular weight excluding hydrogens is 286 g/mol. The minimum atomic E-state index is -1.49. The van der Waals surface area contributed by atoms with Crippen molar-refractivity contribution < 1.29 is 29.4 Å². The Bertz CT molecular complexity index is 510. The van der Waals surface area contributed by atoms with E-state index in [2.05, 4.69) is 5.32 Å². The maximum absolute atomic E-state index is 11.6. The van der Waals surface area contributed by atoms with Crippen molar-refractivity contribution >= 4 is 35.0 Å². The fourth-order valence-electron chi connectivity index (χ4n) is 1.43. The van der Waals surface area contributed by atoms with Crippen LogP contribution in [-0.4, -0.2) is 39.9 Å². The van der Waals surface area contributed by atoms with E-state index < -0.39 is 30.3 Å². The van der Waals surface area contributed by atoms with Crippen molar-refractivity contribution in [1.82, 2.24) is 5.32 Å². The van der Waals surface area contributed by atoms with Gasteiger partial charge in [0.15, 0.2) is 5.78 Å². The van der Waals surface area contributed by atoms with Gasteiger partial charge in [-0.2, -0.15) is 0 Å². The first kappa shape index (κ1) is 15.8. The average Bonchev–Trinajstić information content (AvgIpc) is 2.88. The first-order valence-corrected chi connectivity index (χ1v) is 6.58. The van der Waals surface area contributed by atoms with Gasteiger partial charge < -0.3 is 15.5 Å². The number of amides is 1. The molecule has 108 valence electrons. The van der Waals surface area contributed by atoms with Crippen LogP contribution in [-0.2, 0) is 14.4 Å². The fraction of sp³-hybridized carbons (Fsp3) is 0.333. The summed E-state index contributed by atoms with van der Waals surface area (Å²) in [7, 11) is 0. The van der Waals surface area contributed by atoms with Crippen LogP contribution in [0.4, 0.5) is 0 Å². The number of carbonyl (C=O) groups excluding carboxylic acids is 2. The third-order valence-electron chi connectivity index (χ3n) is 2.39. The number of hydrogen-bond acceptors (Lipinski definition) is 5. The van der Waals surface area contributed by atoms with Gasteiger partial charge in [-0.25, -0.2) is 4.79 Å². The van der Waals surface area contributed by atoms with E-state index in [1.807, 2.05) is 0 Å². The summed E-state index contributed by atoms with van der Waals surface area (Å²) < 4.78 is 0. The first-order valence-electron chi connectivity index (χ1n) is 5.71. The molecule has 0 radical (unpaired) electrons. The lowest BCUT2D eigenvalue weighted by molar-refractivity contribution is -0.147. The van der Waals surface area contributed by atoms with E-state index in [-0.39, 0.29) is 18.6 Å². The van der Waals surface area contributed by atoms with Crippen LogP contribution in [0.2, 0.25) is 0 Å². The number of thiophene rings is 1. The summed E-state index contributed by atoms with van der Waals surface area (Å²) in [6.45, 7) is 0. The smallest absolute Gasteiger partial charge is 0.326 e. The van der Waals surface area contributed by atoms with Crippen LogP contribution in [0.5, 0.6) is 0 Å². The van der Waals surface area contributed by atoms with E-state index in [1.165, 1.54) is 11.3 Å². The largest absolute Gasteiger partial charge is 0.481 e. The van der Waals surface area contributed by atoms with Gasteiger partial charge >= 0.3 is 11.9 Å². The lowest BCUT2D eigenvalue weighted by Crippen LogP contribution is -2.42. The Kier molecular flexibility index (Phi) is 5.85. The highest BCUT2D eigenvalue weighted by atomic mass is 32.1. The Morgan fingerprint density at radius 3 is 2.40 bits per heavy atom. The molecule has 1 unspecified atom stereocenters. The molecule has 1 heterocycles. The number of carbonyl (C=O) groups is 4. The Hall–Kier alpha value is -2.22. The second-order valence-corrected chi connectivity index (χ2v) is 4.90. The zero-order valence-electron chi connectivity index (χ0n) is 10.4. The van der Waals surface area contributed by atoms with Gasteiger partial charge in [-0.3, -0.25) is 14.4 Å². The van der Waals surface area contributed by atoms with Crippen LogP contribution >= 0.6 is 11.3 Å². The maximum atomic E-state index is 11.6. The van der Waals surface area contributed by atoms with Crippen LogP contribution in [0.25, 0.3) is 0 Å². The Labute approximate surface area is 118 Å². The first-order chi connectivity index (χ1) is 9.40. The summed E-state index contributed by atoms with van der Waals surface area (Å²) in [4.78, 5) is 44.9. The molecule has 0 saturated heterocycles. The van der Waals surface area contributed by atoms with Gasteiger partial charge in [-0.15, -0.1) is 11.3 Å². The molecule has 0 fully saturated rings. The van der Waals surface area contributed by atoms with E-state index in [4.69, 9.17) is 10.2 Å². The molecule has 1 aromatic heterocycles. The highest BCUT2D eigenvalue weighted by Crippen LogP contribution is 2.12. The predicted octanol–water partition coefficient (Wildman–Crippen LogP) is 0.755. The molecule has 0 aliphatic rings. The van der Waals surface area contributed by atoms with Crippen LogP contribution in [0.1, 0.15) is 28.9 Å². The van der Waals surface area contributed by atoms with Gasteiger partial charge in [0, 0.05) is 12.8 Å². The van der Waals surface area contributed by atoms with Crippen LogP contribution in [0.15, 0.2) is 17.5 Å². The van der Waals surface area contributed by atoms with Crippen molar-refractivity contribution in [1.29, 1.82) is 0 Å². The summed E-state index contributed by atoms with van der Waals surface area (Å²) in [6.07, 6.45) is -0.939. The minimum Gasteiger partial charge on any atom is -0.481 e. The van der Waals surface area contributed by atoms with Crippen molar-refractivity contribution in [3.8, 4) is 0 Å². The summed E-state index contributed by atoms with van der Waals surface area (Å²) in [5, 5.41) is 21.1. The van der Waals surface area contributed by atoms with Crippen LogP contribution in [0.3, 0.4) is 0 Å². The maximum Gasteiger partial charge on any atom is 0.326 e. The topological polar surface area (TPSA) is 121 Å². The van der Waals surface area contributed by atoms with Crippen molar-refractivity contribution in [2.45, 2.75) is 25.3 Å². The molecule has 7 nitrogen and oxygen atoms in total. The van der Waals surface area contributed by atoms with Crippen molar-refractivity contribution in [3.05, 3.63) is 22.4 Å². The number of hydrogen-bond donors (Lipinski definition) is 3. The SMILES string of the molecule is O=C(O)CC(NC(=O)CCC(=O)c1cccs1)C(=O)O. The molecular formula is C12H13NO6S. The molecule has 20 heavy (non-hydrogen) atoms. The number of ketones is 1. The second kappa shape index (κ2) is 7.39. The molecule has 1 atom stereocenters. The average molecular weight is 299 g/mol.